The standard InChI is InChI=1S/C10H10O2S/c11-13(12)8-4-7-10(13)9-5-2-1-3-6-9/h1-3,5-7H,4,8H2. The number of hydrogen-bond acceptors (Lipinski definition) is 2. The van der Waals surface area contributed by atoms with E-state index in [4.69, 9.17) is 0 Å². The van der Waals surface area contributed by atoms with Crippen LogP contribution in [0.5, 0.6) is 0 Å². The molecule has 0 aromatic heterocycles. The van der Waals surface area contributed by atoms with Crippen LogP contribution in [-0.4, -0.2) is 14.2 Å². The van der Waals surface area contributed by atoms with Gasteiger partial charge in [-0.2, -0.15) is 0 Å². The first-order valence-corrected chi connectivity index (χ1v) is 5.84. The van der Waals surface area contributed by atoms with Crippen LogP contribution in [0.15, 0.2) is 36.4 Å². The molecule has 1 aromatic carbocycles. The van der Waals surface area contributed by atoms with Gasteiger partial charge in [-0.05, 0) is 12.0 Å². The minimum Gasteiger partial charge on any atom is -0.224 e. The molecule has 0 aliphatic carbocycles. The second kappa shape index (κ2) is 3.00. The summed E-state index contributed by atoms with van der Waals surface area (Å²) in [7, 11) is -2.98. The third-order valence-corrected chi connectivity index (χ3v) is 3.96. The highest BCUT2D eigenvalue weighted by molar-refractivity contribution is 8.00. The predicted molar refractivity (Wildman–Crippen MR) is 52.8 cm³/mol. The molecule has 0 N–H and O–H groups in total. The molecule has 1 aliphatic heterocycles. The zero-order valence-corrected chi connectivity index (χ0v) is 7.92. The zero-order valence-electron chi connectivity index (χ0n) is 7.10. The highest BCUT2D eigenvalue weighted by atomic mass is 32.2. The van der Waals surface area contributed by atoms with E-state index in [1.807, 2.05) is 30.3 Å². The predicted octanol–water partition coefficient (Wildman–Crippen LogP) is 1.85. The largest absolute Gasteiger partial charge is 0.224 e. The van der Waals surface area contributed by atoms with Gasteiger partial charge in [0.15, 0.2) is 9.84 Å². The van der Waals surface area contributed by atoms with E-state index >= 15 is 0 Å². The van der Waals surface area contributed by atoms with Gasteiger partial charge in [-0.15, -0.1) is 0 Å². The van der Waals surface area contributed by atoms with E-state index in [1.54, 1.807) is 6.08 Å². The SMILES string of the molecule is O=S1(=O)CCC=C1c1ccccc1. The maximum Gasteiger partial charge on any atom is 0.178 e. The summed E-state index contributed by atoms with van der Waals surface area (Å²) >= 11 is 0. The van der Waals surface area contributed by atoms with Crippen LogP contribution in [0, 0.1) is 0 Å². The summed E-state index contributed by atoms with van der Waals surface area (Å²) in [5, 5.41) is 0. The van der Waals surface area contributed by atoms with Crippen molar-refractivity contribution >= 4 is 14.7 Å². The van der Waals surface area contributed by atoms with Gasteiger partial charge in [-0.1, -0.05) is 36.4 Å². The van der Waals surface area contributed by atoms with Crippen molar-refractivity contribution < 1.29 is 8.42 Å². The first-order chi connectivity index (χ1) is 6.20. The second-order valence-electron chi connectivity index (χ2n) is 3.04. The molecule has 68 valence electrons. The van der Waals surface area contributed by atoms with Crippen LogP contribution < -0.4 is 0 Å². The summed E-state index contributed by atoms with van der Waals surface area (Å²) < 4.78 is 23.0. The van der Waals surface area contributed by atoms with Crippen molar-refractivity contribution in [3.63, 3.8) is 0 Å². The van der Waals surface area contributed by atoms with Crippen LogP contribution in [-0.2, 0) is 9.84 Å². The van der Waals surface area contributed by atoms with E-state index in [9.17, 15) is 8.42 Å². The highest BCUT2D eigenvalue weighted by Gasteiger charge is 2.23. The molecule has 1 heterocycles. The Bertz CT molecular complexity index is 429. The van der Waals surface area contributed by atoms with Gasteiger partial charge >= 0.3 is 0 Å². The third kappa shape index (κ3) is 1.52. The highest BCUT2D eigenvalue weighted by Crippen LogP contribution is 2.27. The van der Waals surface area contributed by atoms with Crippen LogP contribution in [0.4, 0.5) is 0 Å². The summed E-state index contributed by atoms with van der Waals surface area (Å²) in [5.41, 5.74) is 0.806. The molecule has 0 atom stereocenters. The smallest absolute Gasteiger partial charge is 0.178 e. The van der Waals surface area contributed by atoms with Crippen LogP contribution in [0.1, 0.15) is 12.0 Å². The Balaban J connectivity index is 2.50. The van der Waals surface area contributed by atoms with Gasteiger partial charge in [-0.3, -0.25) is 0 Å². The van der Waals surface area contributed by atoms with Crippen molar-refractivity contribution in [2.24, 2.45) is 0 Å². The molecule has 1 aliphatic rings. The fourth-order valence-electron chi connectivity index (χ4n) is 1.48. The van der Waals surface area contributed by atoms with E-state index in [2.05, 4.69) is 0 Å². The lowest BCUT2D eigenvalue weighted by Crippen LogP contribution is -2.00. The summed E-state index contributed by atoms with van der Waals surface area (Å²) in [4.78, 5) is 0.494. The molecule has 0 radical (unpaired) electrons. The quantitative estimate of drug-likeness (QED) is 0.683. The van der Waals surface area contributed by atoms with E-state index in [-0.39, 0.29) is 5.75 Å². The van der Waals surface area contributed by atoms with Crippen LogP contribution in [0.25, 0.3) is 4.91 Å². The fourth-order valence-corrected chi connectivity index (χ4v) is 3.00. The average molecular weight is 194 g/mol. The lowest BCUT2D eigenvalue weighted by atomic mass is 10.2. The Morgan fingerprint density at radius 1 is 1.08 bits per heavy atom. The maximum atomic E-state index is 11.5. The number of hydrogen-bond donors (Lipinski definition) is 0. The van der Waals surface area contributed by atoms with E-state index < -0.39 is 9.84 Å². The van der Waals surface area contributed by atoms with E-state index in [0.717, 1.165) is 5.56 Å². The summed E-state index contributed by atoms with van der Waals surface area (Å²) in [6.07, 6.45) is 2.44. The maximum absolute atomic E-state index is 11.5. The van der Waals surface area contributed by atoms with Crippen molar-refractivity contribution in [3.8, 4) is 0 Å². The van der Waals surface area contributed by atoms with Crippen molar-refractivity contribution in [2.45, 2.75) is 6.42 Å². The van der Waals surface area contributed by atoms with Crippen molar-refractivity contribution in [1.29, 1.82) is 0 Å². The number of allylic oxidation sites excluding steroid dienone is 1. The minimum absolute atomic E-state index is 0.261. The molecule has 1 aromatic rings. The Kier molecular flexibility index (Phi) is 1.96. The molecule has 2 nitrogen and oxygen atoms in total. The van der Waals surface area contributed by atoms with Gasteiger partial charge < -0.3 is 0 Å². The summed E-state index contributed by atoms with van der Waals surface area (Å²) in [6, 6.07) is 9.24. The Morgan fingerprint density at radius 2 is 1.77 bits per heavy atom. The minimum atomic E-state index is -2.98. The topological polar surface area (TPSA) is 34.1 Å². The van der Waals surface area contributed by atoms with Gasteiger partial charge in [0, 0.05) is 0 Å². The molecule has 2 rings (SSSR count). The Labute approximate surface area is 77.8 Å². The van der Waals surface area contributed by atoms with Gasteiger partial charge in [-0.25, -0.2) is 8.42 Å². The molecule has 0 saturated carbocycles. The van der Waals surface area contributed by atoms with Crippen molar-refractivity contribution in [3.05, 3.63) is 42.0 Å². The van der Waals surface area contributed by atoms with Gasteiger partial charge in [0.2, 0.25) is 0 Å². The van der Waals surface area contributed by atoms with Crippen LogP contribution in [0.2, 0.25) is 0 Å². The van der Waals surface area contributed by atoms with Gasteiger partial charge in [0.25, 0.3) is 0 Å². The second-order valence-corrected chi connectivity index (χ2v) is 5.12. The molecule has 0 amide bonds. The molecule has 0 fully saturated rings. The first kappa shape index (κ1) is 8.51. The first-order valence-electron chi connectivity index (χ1n) is 4.18. The molecule has 3 heteroatoms. The molecule has 0 spiro atoms. The van der Waals surface area contributed by atoms with Crippen LogP contribution in [0.3, 0.4) is 0 Å². The van der Waals surface area contributed by atoms with Crippen molar-refractivity contribution in [2.75, 3.05) is 5.75 Å². The molecule has 0 bridgehead atoms. The van der Waals surface area contributed by atoms with Crippen molar-refractivity contribution in [1.82, 2.24) is 0 Å². The monoisotopic (exact) mass is 194 g/mol. The zero-order chi connectivity index (χ0) is 9.31. The van der Waals surface area contributed by atoms with Crippen LogP contribution >= 0.6 is 0 Å². The van der Waals surface area contributed by atoms with Gasteiger partial charge in [0.1, 0.15) is 0 Å². The molecular weight excluding hydrogens is 184 g/mol. The third-order valence-electron chi connectivity index (χ3n) is 2.11. The van der Waals surface area contributed by atoms with Gasteiger partial charge in [0.05, 0.1) is 10.7 Å². The number of rotatable bonds is 1. The number of sulfone groups is 1. The van der Waals surface area contributed by atoms with E-state index in [1.165, 1.54) is 0 Å². The average Bonchev–Trinajstić information content (AvgIpc) is 2.47. The normalized spacial score (nSPS) is 19.8. The number of benzene rings is 1. The molecule has 0 saturated heterocycles. The molecule has 13 heavy (non-hydrogen) atoms. The summed E-state index contributed by atoms with van der Waals surface area (Å²) in [6.45, 7) is 0. The fraction of sp³-hybridized carbons (Fsp3) is 0.200. The summed E-state index contributed by atoms with van der Waals surface area (Å²) in [5.74, 6) is 0.261. The lowest BCUT2D eigenvalue weighted by Gasteiger charge is -2.01. The molecule has 0 unspecified atom stereocenters. The Morgan fingerprint density at radius 3 is 2.31 bits per heavy atom. The molecular formula is C10H10O2S. The van der Waals surface area contributed by atoms with E-state index in [0.29, 0.717) is 11.3 Å². The lowest BCUT2D eigenvalue weighted by molar-refractivity contribution is 0.607. The Hall–Kier alpha value is -1.09.